The zero-order valence-corrected chi connectivity index (χ0v) is 13.3. The van der Waals surface area contributed by atoms with Crippen LogP contribution in [-0.4, -0.2) is 4.98 Å². The van der Waals surface area contributed by atoms with Crippen molar-refractivity contribution in [3.63, 3.8) is 0 Å². The van der Waals surface area contributed by atoms with Crippen molar-refractivity contribution in [3.05, 3.63) is 61.8 Å². The number of benzene rings is 1. The summed E-state index contributed by atoms with van der Waals surface area (Å²) in [4.78, 5) is 4.35. The first-order valence-electron chi connectivity index (χ1n) is 5.37. The Hall–Kier alpha value is -0.420. The van der Waals surface area contributed by atoms with E-state index in [-0.39, 0.29) is 6.04 Å². The van der Waals surface area contributed by atoms with Crippen molar-refractivity contribution in [2.75, 3.05) is 0 Å². The van der Waals surface area contributed by atoms with E-state index in [2.05, 4.69) is 36.8 Å². The standard InChI is InChI=1S/C13H11Br2ClN2/c14-9-6-11(15)13(18-7-9)12(17)5-8-1-3-10(16)4-2-8/h1-4,6-7,12H,5,17H2. The van der Waals surface area contributed by atoms with Crippen LogP contribution in [0, 0.1) is 0 Å². The monoisotopic (exact) mass is 388 g/mol. The van der Waals surface area contributed by atoms with Gasteiger partial charge in [0.2, 0.25) is 0 Å². The molecule has 1 heterocycles. The lowest BCUT2D eigenvalue weighted by atomic mass is 10.0. The fourth-order valence-corrected chi connectivity index (χ4v) is 3.08. The van der Waals surface area contributed by atoms with Crippen LogP contribution in [0.2, 0.25) is 5.02 Å². The van der Waals surface area contributed by atoms with E-state index in [0.717, 1.165) is 31.6 Å². The van der Waals surface area contributed by atoms with Crippen molar-refractivity contribution >= 4 is 43.5 Å². The van der Waals surface area contributed by atoms with E-state index in [1.807, 2.05) is 30.3 Å². The normalized spacial score (nSPS) is 12.4. The second-order valence-corrected chi connectivity index (χ2v) is 6.16. The Bertz CT molecular complexity index is 543. The quantitative estimate of drug-likeness (QED) is 0.838. The van der Waals surface area contributed by atoms with Gasteiger partial charge in [0, 0.05) is 20.2 Å². The Morgan fingerprint density at radius 2 is 1.89 bits per heavy atom. The van der Waals surface area contributed by atoms with Gasteiger partial charge in [-0.15, -0.1) is 0 Å². The molecule has 0 bridgehead atoms. The van der Waals surface area contributed by atoms with Crippen molar-refractivity contribution in [2.24, 2.45) is 5.73 Å². The van der Waals surface area contributed by atoms with Crippen molar-refractivity contribution in [2.45, 2.75) is 12.5 Å². The SMILES string of the molecule is NC(Cc1ccc(Cl)cc1)c1ncc(Br)cc1Br. The molecular formula is C13H11Br2ClN2. The Balaban J connectivity index is 2.16. The molecule has 0 aliphatic carbocycles. The van der Waals surface area contributed by atoms with E-state index < -0.39 is 0 Å². The second-order valence-electron chi connectivity index (χ2n) is 3.96. The van der Waals surface area contributed by atoms with Gasteiger partial charge < -0.3 is 5.73 Å². The summed E-state index contributed by atoms with van der Waals surface area (Å²) in [6, 6.07) is 9.50. The minimum absolute atomic E-state index is 0.145. The maximum absolute atomic E-state index is 6.18. The van der Waals surface area contributed by atoms with Gasteiger partial charge in [-0.3, -0.25) is 4.98 Å². The first-order chi connectivity index (χ1) is 8.56. The summed E-state index contributed by atoms with van der Waals surface area (Å²) in [7, 11) is 0. The van der Waals surface area contributed by atoms with Gasteiger partial charge in [0.25, 0.3) is 0 Å². The smallest absolute Gasteiger partial charge is 0.0716 e. The van der Waals surface area contributed by atoms with Crippen LogP contribution in [0.25, 0.3) is 0 Å². The zero-order chi connectivity index (χ0) is 13.1. The van der Waals surface area contributed by atoms with E-state index >= 15 is 0 Å². The minimum Gasteiger partial charge on any atom is -0.322 e. The molecule has 0 fully saturated rings. The number of pyridine rings is 1. The third-order valence-electron chi connectivity index (χ3n) is 2.56. The molecule has 2 aromatic rings. The van der Waals surface area contributed by atoms with Crippen molar-refractivity contribution in [3.8, 4) is 0 Å². The molecular weight excluding hydrogens is 379 g/mol. The maximum Gasteiger partial charge on any atom is 0.0716 e. The van der Waals surface area contributed by atoms with Gasteiger partial charge in [0.05, 0.1) is 11.7 Å². The Morgan fingerprint density at radius 1 is 1.22 bits per heavy atom. The van der Waals surface area contributed by atoms with Crippen LogP contribution in [-0.2, 0) is 6.42 Å². The summed E-state index contributed by atoms with van der Waals surface area (Å²) in [6.45, 7) is 0. The lowest BCUT2D eigenvalue weighted by molar-refractivity contribution is 0.692. The summed E-state index contributed by atoms with van der Waals surface area (Å²) < 4.78 is 1.84. The number of nitrogens with two attached hydrogens (primary N) is 1. The predicted molar refractivity (Wildman–Crippen MR) is 81.7 cm³/mol. The molecule has 0 saturated heterocycles. The molecule has 0 aliphatic rings. The predicted octanol–water partition coefficient (Wildman–Crippen LogP) is 4.50. The highest BCUT2D eigenvalue weighted by molar-refractivity contribution is 9.11. The molecule has 18 heavy (non-hydrogen) atoms. The lowest BCUT2D eigenvalue weighted by Crippen LogP contribution is -2.15. The van der Waals surface area contributed by atoms with E-state index in [4.69, 9.17) is 17.3 Å². The van der Waals surface area contributed by atoms with Gasteiger partial charge in [-0.05, 0) is 62.0 Å². The van der Waals surface area contributed by atoms with Crippen LogP contribution in [0.1, 0.15) is 17.3 Å². The van der Waals surface area contributed by atoms with Gasteiger partial charge in [0.1, 0.15) is 0 Å². The lowest BCUT2D eigenvalue weighted by Gasteiger charge is -2.13. The molecule has 1 atom stereocenters. The van der Waals surface area contributed by atoms with Crippen LogP contribution >= 0.6 is 43.5 Å². The molecule has 1 aromatic carbocycles. The van der Waals surface area contributed by atoms with Crippen LogP contribution in [0.15, 0.2) is 45.5 Å². The molecule has 0 spiro atoms. The number of nitrogens with zero attached hydrogens (tertiary/aromatic N) is 1. The Kier molecular flexibility index (Phi) is 4.78. The molecule has 2 nitrogen and oxygen atoms in total. The summed E-state index contributed by atoms with van der Waals surface area (Å²) in [5, 5.41) is 0.732. The summed E-state index contributed by atoms with van der Waals surface area (Å²) in [6.07, 6.45) is 2.48. The highest BCUT2D eigenvalue weighted by Crippen LogP contribution is 2.25. The fourth-order valence-electron chi connectivity index (χ4n) is 1.67. The van der Waals surface area contributed by atoms with Crippen molar-refractivity contribution in [1.29, 1.82) is 0 Å². The van der Waals surface area contributed by atoms with E-state index in [1.165, 1.54) is 0 Å². The topological polar surface area (TPSA) is 38.9 Å². The zero-order valence-electron chi connectivity index (χ0n) is 9.41. The summed E-state index contributed by atoms with van der Waals surface area (Å²) in [5.74, 6) is 0. The number of halogens is 3. The number of rotatable bonds is 3. The van der Waals surface area contributed by atoms with Crippen LogP contribution in [0.4, 0.5) is 0 Å². The molecule has 94 valence electrons. The molecule has 0 aliphatic heterocycles. The number of aromatic nitrogens is 1. The molecule has 0 saturated carbocycles. The molecule has 0 amide bonds. The first kappa shape index (κ1) is 14.0. The third-order valence-corrected chi connectivity index (χ3v) is 3.88. The van der Waals surface area contributed by atoms with Gasteiger partial charge in [-0.1, -0.05) is 23.7 Å². The number of hydrogen-bond donors (Lipinski definition) is 1. The average molecular weight is 391 g/mol. The molecule has 1 unspecified atom stereocenters. The summed E-state index contributed by atoms with van der Waals surface area (Å²) in [5.41, 5.74) is 8.17. The first-order valence-corrected chi connectivity index (χ1v) is 7.33. The molecule has 0 radical (unpaired) electrons. The van der Waals surface area contributed by atoms with E-state index in [1.54, 1.807) is 6.20 Å². The Morgan fingerprint density at radius 3 is 2.50 bits per heavy atom. The largest absolute Gasteiger partial charge is 0.322 e. The van der Waals surface area contributed by atoms with Crippen molar-refractivity contribution in [1.82, 2.24) is 4.98 Å². The highest BCUT2D eigenvalue weighted by atomic mass is 79.9. The van der Waals surface area contributed by atoms with Gasteiger partial charge in [0.15, 0.2) is 0 Å². The number of hydrogen-bond acceptors (Lipinski definition) is 2. The van der Waals surface area contributed by atoms with Crippen LogP contribution in [0.3, 0.4) is 0 Å². The molecule has 1 aromatic heterocycles. The fraction of sp³-hybridized carbons (Fsp3) is 0.154. The molecule has 2 rings (SSSR count). The van der Waals surface area contributed by atoms with Crippen LogP contribution in [0.5, 0.6) is 0 Å². The second kappa shape index (κ2) is 6.15. The molecule has 2 N–H and O–H groups in total. The third kappa shape index (κ3) is 3.54. The Labute approximate surface area is 128 Å². The average Bonchev–Trinajstić information content (AvgIpc) is 2.32. The van der Waals surface area contributed by atoms with Crippen molar-refractivity contribution < 1.29 is 0 Å². The van der Waals surface area contributed by atoms with Gasteiger partial charge in [-0.25, -0.2) is 0 Å². The molecule has 5 heteroatoms. The van der Waals surface area contributed by atoms with E-state index in [0.29, 0.717) is 0 Å². The summed E-state index contributed by atoms with van der Waals surface area (Å²) >= 11 is 12.7. The van der Waals surface area contributed by atoms with Crippen LogP contribution < -0.4 is 5.73 Å². The maximum atomic E-state index is 6.18. The van der Waals surface area contributed by atoms with E-state index in [9.17, 15) is 0 Å². The van der Waals surface area contributed by atoms with Gasteiger partial charge >= 0.3 is 0 Å². The van der Waals surface area contributed by atoms with Gasteiger partial charge in [-0.2, -0.15) is 0 Å². The highest BCUT2D eigenvalue weighted by Gasteiger charge is 2.12. The minimum atomic E-state index is -0.145.